The van der Waals surface area contributed by atoms with Crippen LogP contribution in [0.2, 0.25) is 0 Å². The maximum atomic E-state index is 5.34. The van der Waals surface area contributed by atoms with E-state index in [9.17, 15) is 0 Å². The Bertz CT molecular complexity index is 610. The molecule has 0 aromatic heterocycles. The quantitative estimate of drug-likeness (QED) is 0.801. The van der Waals surface area contributed by atoms with E-state index >= 15 is 0 Å². The van der Waals surface area contributed by atoms with Gasteiger partial charge in [0, 0.05) is 3.57 Å². The maximum absolute atomic E-state index is 5.34. The van der Waals surface area contributed by atoms with Gasteiger partial charge in [0.2, 0.25) is 0 Å². The third-order valence-electron chi connectivity index (χ3n) is 3.57. The minimum absolute atomic E-state index is 0.200. The fraction of sp³-hybridized carbons (Fsp3) is 0.294. The molecule has 0 aliphatic rings. The maximum Gasteiger partial charge on any atom is 0.121 e. The normalized spacial score (nSPS) is 12.2. The standard InChI is InChI=1S/C17H20INO/c1-11-6-5-7-14(16(11)18)17(19-3)13-8-9-15(20-4)12(2)10-13/h5-10,17,19H,1-4H3. The van der Waals surface area contributed by atoms with Gasteiger partial charge in [-0.2, -0.15) is 0 Å². The molecule has 0 radical (unpaired) electrons. The monoisotopic (exact) mass is 381 g/mol. The zero-order chi connectivity index (χ0) is 14.7. The van der Waals surface area contributed by atoms with E-state index in [1.165, 1.54) is 20.3 Å². The van der Waals surface area contributed by atoms with Gasteiger partial charge < -0.3 is 10.1 Å². The van der Waals surface area contributed by atoms with E-state index < -0.39 is 0 Å². The summed E-state index contributed by atoms with van der Waals surface area (Å²) in [7, 11) is 3.71. The summed E-state index contributed by atoms with van der Waals surface area (Å²) < 4.78 is 6.66. The van der Waals surface area contributed by atoms with Gasteiger partial charge in [0.05, 0.1) is 13.2 Å². The fourth-order valence-corrected chi connectivity index (χ4v) is 3.15. The van der Waals surface area contributed by atoms with Gasteiger partial charge in [0.1, 0.15) is 5.75 Å². The van der Waals surface area contributed by atoms with Crippen LogP contribution in [0.15, 0.2) is 36.4 Å². The lowest BCUT2D eigenvalue weighted by Crippen LogP contribution is -2.19. The Morgan fingerprint density at radius 1 is 1.10 bits per heavy atom. The molecule has 0 saturated carbocycles. The van der Waals surface area contributed by atoms with Gasteiger partial charge in [0.15, 0.2) is 0 Å². The largest absolute Gasteiger partial charge is 0.496 e. The molecule has 1 unspecified atom stereocenters. The van der Waals surface area contributed by atoms with Crippen LogP contribution in [0.4, 0.5) is 0 Å². The van der Waals surface area contributed by atoms with Crippen LogP contribution in [0.25, 0.3) is 0 Å². The lowest BCUT2D eigenvalue weighted by atomic mass is 9.96. The average Bonchev–Trinajstić information content (AvgIpc) is 2.44. The molecule has 1 N–H and O–H groups in total. The van der Waals surface area contributed by atoms with E-state index in [0.717, 1.165) is 11.3 Å². The van der Waals surface area contributed by atoms with Crippen LogP contribution in [0.5, 0.6) is 5.75 Å². The molecule has 2 rings (SSSR count). The first-order valence-corrected chi connectivity index (χ1v) is 7.73. The first-order chi connectivity index (χ1) is 9.58. The van der Waals surface area contributed by atoms with Gasteiger partial charge in [0.25, 0.3) is 0 Å². The highest BCUT2D eigenvalue weighted by Crippen LogP contribution is 2.30. The Kier molecular flexibility index (Phi) is 5.05. The molecule has 0 saturated heterocycles. The van der Waals surface area contributed by atoms with E-state index in [0.29, 0.717) is 0 Å². The summed E-state index contributed by atoms with van der Waals surface area (Å²) in [6.45, 7) is 4.23. The Morgan fingerprint density at radius 2 is 1.85 bits per heavy atom. The first-order valence-electron chi connectivity index (χ1n) is 6.65. The molecule has 0 amide bonds. The smallest absolute Gasteiger partial charge is 0.121 e. The Morgan fingerprint density at radius 3 is 2.45 bits per heavy atom. The van der Waals surface area contributed by atoms with E-state index in [1.807, 2.05) is 13.1 Å². The third-order valence-corrected chi connectivity index (χ3v) is 5.05. The number of benzene rings is 2. The number of ether oxygens (including phenoxy) is 1. The second-order valence-corrected chi connectivity index (χ2v) is 6.01. The fourth-order valence-electron chi connectivity index (χ4n) is 2.48. The van der Waals surface area contributed by atoms with Crippen LogP contribution in [0.3, 0.4) is 0 Å². The molecule has 2 aromatic carbocycles. The summed E-state index contributed by atoms with van der Waals surface area (Å²) in [5.74, 6) is 0.933. The van der Waals surface area contributed by atoms with E-state index in [-0.39, 0.29) is 6.04 Å². The summed E-state index contributed by atoms with van der Waals surface area (Å²) in [5, 5.41) is 3.42. The summed E-state index contributed by atoms with van der Waals surface area (Å²) in [5.41, 5.74) is 5.05. The second kappa shape index (κ2) is 6.59. The topological polar surface area (TPSA) is 21.3 Å². The number of hydrogen-bond acceptors (Lipinski definition) is 2. The Balaban J connectivity index is 2.47. The molecule has 0 heterocycles. The van der Waals surface area contributed by atoms with Crippen molar-refractivity contribution in [1.82, 2.24) is 5.32 Å². The first kappa shape index (κ1) is 15.3. The highest BCUT2D eigenvalue weighted by molar-refractivity contribution is 14.1. The minimum Gasteiger partial charge on any atom is -0.496 e. The van der Waals surface area contributed by atoms with Gasteiger partial charge in [-0.15, -0.1) is 0 Å². The van der Waals surface area contributed by atoms with Crippen molar-refractivity contribution in [2.75, 3.05) is 14.2 Å². The van der Waals surface area contributed by atoms with E-state index in [4.69, 9.17) is 4.74 Å². The van der Waals surface area contributed by atoms with Crippen molar-refractivity contribution in [2.24, 2.45) is 0 Å². The highest BCUT2D eigenvalue weighted by Gasteiger charge is 2.16. The predicted octanol–water partition coefficient (Wildman–Crippen LogP) is 4.23. The number of rotatable bonds is 4. The van der Waals surface area contributed by atoms with Gasteiger partial charge in [-0.25, -0.2) is 0 Å². The molecule has 0 bridgehead atoms. The average molecular weight is 381 g/mol. The van der Waals surface area contributed by atoms with Crippen LogP contribution in [0.1, 0.15) is 28.3 Å². The lowest BCUT2D eigenvalue weighted by Gasteiger charge is -2.21. The van der Waals surface area contributed by atoms with Crippen molar-refractivity contribution >= 4 is 22.6 Å². The molecule has 3 heteroatoms. The second-order valence-electron chi connectivity index (χ2n) is 4.93. The Labute approximate surface area is 134 Å². The van der Waals surface area contributed by atoms with E-state index in [2.05, 4.69) is 72.1 Å². The molecule has 0 fully saturated rings. The molecule has 2 nitrogen and oxygen atoms in total. The van der Waals surface area contributed by atoms with Crippen LogP contribution < -0.4 is 10.1 Å². The lowest BCUT2D eigenvalue weighted by molar-refractivity contribution is 0.411. The minimum atomic E-state index is 0.200. The van der Waals surface area contributed by atoms with Crippen molar-refractivity contribution in [3.8, 4) is 5.75 Å². The summed E-state index contributed by atoms with van der Waals surface area (Å²) in [6.07, 6.45) is 0. The summed E-state index contributed by atoms with van der Waals surface area (Å²) in [6, 6.07) is 13.0. The van der Waals surface area contributed by atoms with Crippen LogP contribution >= 0.6 is 22.6 Å². The molecular formula is C17H20INO. The Hall–Kier alpha value is -1.07. The van der Waals surface area contributed by atoms with Crippen molar-refractivity contribution in [3.05, 3.63) is 62.2 Å². The van der Waals surface area contributed by atoms with Gasteiger partial charge >= 0.3 is 0 Å². The highest BCUT2D eigenvalue weighted by atomic mass is 127. The zero-order valence-corrected chi connectivity index (χ0v) is 14.5. The summed E-state index contributed by atoms with van der Waals surface area (Å²) in [4.78, 5) is 0. The van der Waals surface area contributed by atoms with Gasteiger partial charge in [-0.05, 0) is 71.8 Å². The molecule has 0 aliphatic heterocycles. The number of hydrogen-bond donors (Lipinski definition) is 1. The van der Waals surface area contributed by atoms with Gasteiger partial charge in [-0.3, -0.25) is 0 Å². The van der Waals surface area contributed by atoms with Crippen LogP contribution in [0, 0.1) is 17.4 Å². The molecule has 106 valence electrons. The molecule has 20 heavy (non-hydrogen) atoms. The molecule has 1 atom stereocenters. The number of nitrogens with one attached hydrogen (secondary N) is 1. The van der Waals surface area contributed by atoms with Crippen LogP contribution in [-0.4, -0.2) is 14.2 Å². The molecule has 0 spiro atoms. The SMILES string of the molecule is CNC(c1ccc(OC)c(C)c1)c1cccc(C)c1I. The van der Waals surface area contributed by atoms with Crippen molar-refractivity contribution in [3.63, 3.8) is 0 Å². The van der Waals surface area contributed by atoms with Crippen molar-refractivity contribution < 1.29 is 4.74 Å². The number of halogens is 1. The molecular weight excluding hydrogens is 361 g/mol. The summed E-state index contributed by atoms with van der Waals surface area (Å²) >= 11 is 2.43. The number of aryl methyl sites for hydroxylation is 2. The van der Waals surface area contributed by atoms with E-state index in [1.54, 1.807) is 7.11 Å². The molecule has 2 aromatic rings. The van der Waals surface area contributed by atoms with Crippen molar-refractivity contribution in [2.45, 2.75) is 19.9 Å². The third kappa shape index (κ3) is 2.99. The predicted molar refractivity (Wildman–Crippen MR) is 92.5 cm³/mol. The molecule has 0 aliphatic carbocycles. The zero-order valence-electron chi connectivity index (χ0n) is 12.3. The van der Waals surface area contributed by atoms with Crippen molar-refractivity contribution in [1.29, 1.82) is 0 Å². The van der Waals surface area contributed by atoms with Crippen LogP contribution in [-0.2, 0) is 0 Å². The number of methoxy groups -OCH3 is 1. The van der Waals surface area contributed by atoms with Gasteiger partial charge in [-0.1, -0.05) is 30.3 Å².